The Bertz CT molecular complexity index is 820. The van der Waals surface area contributed by atoms with E-state index in [4.69, 9.17) is 34.8 Å². The highest BCUT2D eigenvalue weighted by atomic mass is 35.5. The van der Waals surface area contributed by atoms with E-state index in [0.717, 1.165) is 0 Å². The Balaban J connectivity index is 1.98. The quantitative estimate of drug-likeness (QED) is 0.801. The molecule has 1 atom stereocenters. The van der Waals surface area contributed by atoms with E-state index in [2.05, 4.69) is 5.32 Å². The number of halogens is 3. The lowest BCUT2D eigenvalue weighted by Gasteiger charge is -2.21. The van der Waals surface area contributed by atoms with Crippen LogP contribution in [-0.4, -0.2) is 16.8 Å². The lowest BCUT2D eigenvalue weighted by Crippen LogP contribution is -2.36. The fourth-order valence-electron chi connectivity index (χ4n) is 2.57. The number of carbonyl (C=O) groups is 2. The van der Waals surface area contributed by atoms with E-state index in [9.17, 15) is 14.7 Å². The van der Waals surface area contributed by atoms with Crippen LogP contribution in [0.15, 0.2) is 36.4 Å². The Morgan fingerprint density at radius 2 is 1.74 bits per heavy atom. The van der Waals surface area contributed by atoms with Crippen LogP contribution in [0.1, 0.15) is 22.3 Å². The summed E-state index contributed by atoms with van der Waals surface area (Å²) in [6, 6.07) is 9.09. The second-order valence-electron chi connectivity index (χ2n) is 5.23. The highest BCUT2D eigenvalue weighted by Gasteiger charge is 2.48. The summed E-state index contributed by atoms with van der Waals surface area (Å²) in [7, 11) is 0. The average Bonchev–Trinajstić information content (AvgIpc) is 2.70. The minimum Gasteiger partial charge on any atom is -0.375 e. The number of fused-ring (bicyclic) bond motifs is 1. The number of benzene rings is 2. The number of Topliss-reactive ketones (excluding diaryl/α,β-unsaturated/α-hetero) is 1. The van der Waals surface area contributed by atoms with E-state index in [1.807, 2.05) is 0 Å². The molecule has 23 heavy (non-hydrogen) atoms. The molecule has 0 aromatic heterocycles. The molecular formula is C16H10Cl3NO3. The first-order chi connectivity index (χ1) is 10.8. The van der Waals surface area contributed by atoms with E-state index in [1.165, 1.54) is 24.3 Å². The second-order valence-corrected chi connectivity index (χ2v) is 6.51. The zero-order valence-corrected chi connectivity index (χ0v) is 13.8. The summed E-state index contributed by atoms with van der Waals surface area (Å²) < 4.78 is 0. The maximum absolute atomic E-state index is 12.4. The summed E-state index contributed by atoms with van der Waals surface area (Å²) in [5.41, 5.74) is -1.22. The van der Waals surface area contributed by atoms with Crippen LogP contribution in [0.2, 0.25) is 15.1 Å². The van der Waals surface area contributed by atoms with Crippen molar-refractivity contribution in [3.05, 3.63) is 62.6 Å². The molecule has 2 aromatic carbocycles. The van der Waals surface area contributed by atoms with Crippen molar-refractivity contribution in [1.29, 1.82) is 0 Å². The van der Waals surface area contributed by atoms with E-state index >= 15 is 0 Å². The number of aliphatic hydroxyl groups is 1. The molecule has 0 aliphatic carbocycles. The largest absolute Gasteiger partial charge is 0.375 e. The van der Waals surface area contributed by atoms with Gasteiger partial charge in [-0.25, -0.2) is 0 Å². The maximum Gasteiger partial charge on any atom is 0.261 e. The zero-order chi connectivity index (χ0) is 16.8. The van der Waals surface area contributed by atoms with Gasteiger partial charge in [0.1, 0.15) is 0 Å². The molecule has 1 aliphatic heterocycles. The smallest absolute Gasteiger partial charge is 0.261 e. The fourth-order valence-corrected chi connectivity index (χ4v) is 3.35. The van der Waals surface area contributed by atoms with Gasteiger partial charge in [-0.3, -0.25) is 9.59 Å². The first-order valence-electron chi connectivity index (χ1n) is 6.63. The Hall–Kier alpha value is -1.59. The van der Waals surface area contributed by atoms with E-state index in [0.29, 0.717) is 21.3 Å². The van der Waals surface area contributed by atoms with Crippen molar-refractivity contribution < 1.29 is 14.7 Å². The van der Waals surface area contributed by atoms with Crippen molar-refractivity contribution in [2.24, 2.45) is 0 Å². The fraction of sp³-hybridized carbons (Fsp3) is 0.125. The van der Waals surface area contributed by atoms with Gasteiger partial charge in [0.2, 0.25) is 0 Å². The second kappa shape index (κ2) is 5.80. The Kier molecular flexibility index (Phi) is 4.10. The number of nitrogens with one attached hydrogen (secondary N) is 1. The zero-order valence-electron chi connectivity index (χ0n) is 11.6. The summed E-state index contributed by atoms with van der Waals surface area (Å²) in [4.78, 5) is 24.6. The Labute approximate surface area is 147 Å². The van der Waals surface area contributed by atoms with Gasteiger partial charge in [0.05, 0.1) is 17.1 Å². The molecule has 7 heteroatoms. The van der Waals surface area contributed by atoms with Crippen molar-refractivity contribution in [1.82, 2.24) is 0 Å². The third-order valence-electron chi connectivity index (χ3n) is 3.68. The molecule has 0 radical (unpaired) electrons. The van der Waals surface area contributed by atoms with E-state index < -0.39 is 23.7 Å². The van der Waals surface area contributed by atoms with Crippen LogP contribution in [0.25, 0.3) is 0 Å². The van der Waals surface area contributed by atoms with Crippen LogP contribution in [0.4, 0.5) is 5.69 Å². The van der Waals surface area contributed by atoms with Gasteiger partial charge in [-0.2, -0.15) is 0 Å². The highest BCUT2D eigenvalue weighted by molar-refractivity contribution is 6.36. The molecule has 2 aromatic rings. The number of anilines is 1. The van der Waals surface area contributed by atoms with Crippen LogP contribution in [0.3, 0.4) is 0 Å². The van der Waals surface area contributed by atoms with Gasteiger partial charge < -0.3 is 10.4 Å². The summed E-state index contributed by atoms with van der Waals surface area (Å²) in [5.74, 6) is -1.11. The maximum atomic E-state index is 12.4. The van der Waals surface area contributed by atoms with Gasteiger partial charge in [0.25, 0.3) is 5.91 Å². The SMILES string of the molecule is O=C(C[C@@]1(O)C(=O)Nc2cc(Cl)cc(Cl)c21)c1ccc(Cl)cc1. The van der Waals surface area contributed by atoms with E-state index in [1.54, 1.807) is 12.1 Å². The number of ketones is 1. The van der Waals surface area contributed by atoms with Crippen LogP contribution in [0, 0.1) is 0 Å². The van der Waals surface area contributed by atoms with Crippen LogP contribution in [-0.2, 0) is 10.4 Å². The van der Waals surface area contributed by atoms with Gasteiger partial charge in [-0.05, 0) is 36.4 Å². The Morgan fingerprint density at radius 3 is 2.39 bits per heavy atom. The standard InChI is InChI=1S/C16H10Cl3NO3/c17-9-3-1-8(2-4-9)13(21)7-16(23)14-11(19)5-10(18)6-12(14)20-15(16)22/h1-6,23H,7H2,(H,20,22)/t16-/m0/s1. The monoisotopic (exact) mass is 369 g/mol. The predicted molar refractivity (Wildman–Crippen MR) is 89.4 cm³/mol. The molecule has 1 aliphatic rings. The van der Waals surface area contributed by atoms with Gasteiger partial charge in [0.15, 0.2) is 11.4 Å². The molecule has 3 rings (SSSR count). The topological polar surface area (TPSA) is 66.4 Å². The number of hydrogen-bond acceptors (Lipinski definition) is 3. The lowest BCUT2D eigenvalue weighted by molar-refractivity contribution is -0.133. The molecule has 0 bridgehead atoms. The number of amides is 1. The molecule has 0 saturated heterocycles. The number of rotatable bonds is 3. The third-order valence-corrected chi connectivity index (χ3v) is 4.44. The number of carbonyl (C=O) groups excluding carboxylic acids is 2. The first kappa shape index (κ1) is 16.3. The molecular weight excluding hydrogens is 361 g/mol. The molecule has 0 unspecified atom stereocenters. The van der Waals surface area contributed by atoms with Gasteiger partial charge >= 0.3 is 0 Å². The van der Waals surface area contributed by atoms with E-state index in [-0.39, 0.29) is 10.6 Å². The van der Waals surface area contributed by atoms with Crippen molar-refractivity contribution in [3.8, 4) is 0 Å². The summed E-state index contributed by atoms with van der Waals surface area (Å²) in [5, 5.41) is 14.2. The highest BCUT2D eigenvalue weighted by Crippen LogP contribution is 2.44. The van der Waals surface area contributed by atoms with Crippen LogP contribution in [0.5, 0.6) is 0 Å². The summed E-state index contributed by atoms with van der Waals surface area (Å²) in [6.07, 6.45) is -0.436. The molecule has 4 nitrogen and oxygen atoms in total. The van der Waals surface area contributed by atoms with Crippen LogP contribution >= 0.6 is 34.8 Å². The third kappa shape index (κ3) is 2.83. The normalized spacial score (nSPS) is 19.4. The average molecular weight is 371 g/mol. The minimum absolute atomic E-state index is 0.122. The molecule has 0 saturated carbocycles. The van der Waals surface area contributed by atoms with Crippen molar-refractivity contribution in [2.75, 3.05) is 5.32 Å². The number of hydrogen-bond donors (Lipinski definition) is 2. The van der Waals surface area contributed by atoms with Gasteiger partial charge in [-0.15, -0.1) is 0 Å². The predicted octanol–water partition coefficient (Wildman–Crippen LogP) is 4.06. The molecule has 2 N–H and O–H groups in total. The first-order valence-corrected chi connectivity index (χ1v) is 7.77. The molecule has 0 fully saturated rings. The lowest BCUT2D eigenvalue weighted by atomic mass is 9.88. The molecule has 0 spiro atoms. The molecule has 118 valence electrons. The summed E-state index contributed by atoms with van der Waals surface area (Å²) >= 11 is 17.8. The summed E-state index contributed by atoms with van der Waals surface area (Å²) in [6.45, 7) is 0. The van der Waals surface area contributed by atoms with Gasteiger partial charge in [-0.1, -0.05) is 34.8 Å². The van der Waals surface area contributed by atoms with Crippen molar-refractivity contribution in [2.45, 2.75) is 12.0 Å². The molecule has 1 heterocycles. The van der Waals surface area contributed by atoms with Gasteiger partial charge in [0, 0.05) is 21.2 Å². The van der Waals surface area contributed by atoms with Crippen molar-refractivity contribution in [3.63, 3.8) is 0 Å². The minimum atomic E-state index is -2.03. The van der Waals surface area contributed by atoms with Crippen molar-refractivity contribution >= 4 is 52.2 Å². The Morgan fingerprint density at radius 1 is 1.09 bits per heavy atom. The van der Waals surface area contributed by atoms with Crippen LogP contribution < -0.4 is 5.32 Å². The molecule has 1 amide bonds.